The topological polar surface area (TPSA) is 29.9 Å². The van der Waals surface area contributed by atoms with Crippen molar-refractivity contribution in [3.8, 4) is 0 Å². The number of aromatic nitrogens is 2. The molecule has 3 heteroatoms. The third kappa shape index (κ3) is 4.15. The summed E-state index contributed by atoms with van der Waals surface area (Å²) in [6.45, 7) is 15.3. The lowest BCUT2D eigenvalue weighted by atomic mass is 9.81. The lowest BCUT2D eigenvalue weighted by molar-refractivity contribution is 0.237. The third-order valence-corrected chi connectivity index (χ3v) is 3.64. The summed E-state index contributed by atoms with van der Waals surface area (Å²) >= 11 is 0. The summed E-state index contributed by atoms with van der Waals surface area (Å²) in [6, 6.07) is 2.53. The summed E-state index contributed by atoms with van der Waals surface area (Å²) in [4.78, 5) is 0. The fourth-order valence-corrected chi connectivity index (χ4v) is 1.48. The van der Waals surface area contributed by atoms with Crippen LogP contribution in [0, 0.1) is 11.3 Å². The van der Waals surface area contributed by atoms with Crippen LogP contribution in [0.5, 0.6) is 0 Å². The van der Waals surface area contributed by atoms with E-state index >= 15 is 0 Å². The fourth-order valence-electron chi connectivity index (χ4n) is 1.48. The van der Waals surface area contributed by atoms with E-state index in [1.165, 1.54) is 0 Å². The van der Waals surface area contributed by atoms with Crippen LogP contribution in [0.15, 0.2) is 12.3 Å². The molecule has 0 unspecified atom stereocenters. The Morgan fingerprint density at radius 2 is 1.94 bits per heavy atom. The summed E-state index contributed by atoms with van der Waals surface area (Å²) in [7, 11) is 0. The van der Waals surface area contributed by atoms with E-state index in [9.17, 15) is 0 Å². The first-order valence-electron chi connectivity index (χ1n) is 6.57. The van der Waals surface area contributed by atoms with Crippen LogP contribution in [0.3, 0.4) is 0 Å². The highest BCUT2D eigenvalue weighted by Gasteiger charge is 2.21. The molecule has 1 aromatic rings. The maximum atomic E-state index is 4.53. The van der Waals surface area contributed by atoms with Crippen LogP contribution in [0.2, 0.25) is 0 Å². The Bertz CT molecular complexity index is 337. The minimum atomic E-state index is 0.334. The van der Waals surface area contributed by atoms with Gasteiger partial charge in [-0.1, -0.05) is 27.7 Å². The van der Waals surface area contributed by atoms with Gasteiger partial charge in [0.15, 0.2) is 0 Å². The minimum Gasteiger partial charge on any atom is -0.311 e. The number of hydrogen-bond donors (Lipinski definition) is 1. The number of rotatable bonds is 6. The van der Waals surface area contributed by atoms with Gasteiger partial charge in [-0.3, -0.25) is 4.68 Å². The van der Waals surface area contributed by atoms with Gasteiger partial charge in [-0.25, -0.2) is 0 Å². The van der Waals surface area contributed by atoms with Gasteiger partial charge in [0.05, 0.1) is 5.69 Å². The smallest absolute Gasteiger partial charge is 0.0762 e. The summed E-state index contributed by atoms with van der Waals surface area (Å²) in [5, 5.41) is 8.03. The van der Waals surface area contributed by atoms with E-state index in [0.29, 0.717) is 17.4 Å². The van der Waals surface area contributed by atoms with Crippen LogP contribution in [-0.2, 0) is 6.54 Å². The summed E-state index contributed by atoms with van der Waals surface area (Å²) in [6.07, 6.45) is 2.05. The molecule has 0 saturated carbocycles. The summed E-state index contributed by atoms with van der Waals surface area (Å²) < 4.78 is 2.00. The fraction of sp³-hybridized carbons (Fsp3) is 0.786. The van der Waals surface area contributed by atoms with E-state index in [1.807, 2.05) is 4.68 Å². The third-order valence-electron chi connectivity index (χ3n) is 3.64. The minimum absolute atomic E-state index is 0.334. The van der Waals surface area contributed by atoms with Gasteiger partial charge in [0.2, 0.25) is 0 Å². The zero-order valence-corrected chi connectivity index (χ0v) is 12.1. The van der Waals surface area contributed by atoms with Gasteiger partial charge < -0.3 is 5.32 Å². The molecule has 0 aliphatic rings. The van der Waals surface area contributed by atoms with Crippen molar-refractivity contribution < 1.29 is 0 Å². The Balaban J connectivity index is 2.41. The van der Waals surface area contributed by atoms with Crippen molar-refractivity contribution in [2.24, 2.45) is 11.3 Å². The van der Waals surface area contributed by atoms with E-state index in [0.717, 1.165) is 18.8 Å². The Morgan fingerprint density at radius 3 is 2.41 bits per heavy atom. The molecule has 0 aliphatic carbocycles. The zero-order chi connectivity index (χ0) is 13.1. The Kier molecular flexibility index (Phi) is 4.75. The van der Waals surface area contributed by atoms with Crippen molar-refractivity contribution >= 4 is 0 Å². The van der Waals surface area contributed by atoms with E-state index in [4.69, 9.17) is 0 Å². The van der Waals surface area contributed by atoms with E-state index in [1.54, 1.807) is 0 Å². The largest absolute Gasteiger partial charge is 0.311 e. The maximum Gasteiger partial charge on any atom is 0.0762 e. The molecule has 0 radical (unpaired) electrons. The lowest BCUT2D eigenvalue weighted by Gasteiger charge is -2.29. The van der Waals surface area contributed by atoms with Crippen LogP contribution < -0.4 is 5.32 Å². The van der Waals surface area contributed by atoms with Gasteiger partial charge >= 0.3 is 0 Å². The number of hydrogen-bond acceptors (Lipinski definition) is 2. The van der Waals surface area contributed by atoms with Crippen molar-refractivity contribution in [3.05, 3.63) is 18.0 Å². The molecule has 1 aromatic heterocycles. The van der Waals surface area contributed by atoms with Gasteiger partial charge in [0.25, 0.3) is 0 Å². The number of nitrogens with one attached hydrogen (secondary N) is 1. The molecule has 0 amide bonds. The highest BCUT2D eigenvalue weighted by Crippen LogP contribution is 2.24. The molecule has 0 saturated heterocycles. The Morgan fingerprint density at radius 1 is 1.29 bits per heavy atom. The normalized spacial score (nSPS) is 12.7. The molecule has 1 heterocycles. The second-order valence-electron chi connectivity index (χ2n) is 6.13. The first-order chi connectivity index (χ1) is 7.83. The first kappa shape index (κ1) is 14.2. The molecule has 3 nitrogen and oxygen atoms in total. The molecule has 0 bridgehead atoms. The standard InChI is InChI=1S/C14H27N3/c1-11(2)14(5,6)10-15-9-13-7-8-17(16-13)12(3)4/h7-8,11-12,15H,9-10H2,1-6H3. The molecule has 1 N–H and O–H groups in total. The molecule has 98 valence electrons. The summed E-state index contributed by atoms with van der Waals surface area (Å²) in [5.74, 6) is 0.684. The van der Waals surface area contributed by atoms with Crippen molar-refractivity contribution in [1.82, 2.24) is 15.1 Å². The highest BCUT2D eigenvalue weighted by molar-refractivity contribution is 4.99. The van der Waals surface area contributed by atoms with E-state index < -0.39 is 0 Å². The van der Waals surface area contributed by atoms with Crippen LogP contribution >= 0.6 is 0 Å². The van der Waals surface area contributed by atoms with Crippen LogP contribution in [0.1, 0.15) is 53.3 Å². The summed E-state index contributed by atoms with van der Waals surface area (Å²) in [5.41, 5.74) is 1.46. The molecule has 17 heavy (non-hydrogen) atoms. The Hall–Kier alpha value is -0.830. The monoisotopic (exact) mass is 237 g/mol. The van der Waals surface area contributed by atoms with Crippen molar-refractivity contribution in [3.63, 3.8) is 0 Å². The SMILES string of the molecule is CC(C)n1ccc(CNCC(C)(C)C(C)C)n1. The molecule has 0 fully saturated rings. The average molecular weight is 237 g/mol. The molecule has 1 rings (SSSR count). The van der Waals surface area contributed by atoms with Crippen molar-refractivity contribution in [1.29, 1.82) is 0 Å². The molecular weight excluding hydrogens is 210 g/mol. The van der Waals surface area contributed by atoms with E-state index in [-0.39, 0.29) is 0 Å². The predicted octanol–water partition coefficient (Wildman–Crippen LogP) is 3.24. The maximum absolute atomic E-state index is 4.53. The van der Waals surface area contributed by atoms with Crippen molar-refractivity contribution in [2.75, 3.05) is 6.54 Å². The van der Waals surface area contributed by atoms with E-state index in [2.05, 4.69) is 64.2 Å². The van der Waals surface area contributed by atoms with Crippen LogP contribution in [0.25, 0.3) is 0 Å². The average Bonchev–Trinajstić information content (AvgIpc) is 2.66. The van der Waals surface area contributed by atoms with Gasteiger partial charge in [-0.15, -0.1) is 0 Å². The predicted molar refractivity (Wildman–Crippen MR) is 72.9 cm³/mol. The van der Waals surface area contributed by atoms with Gasteiger partial charge in [0, 0.05) is 25.3 Å². The highest BCUT2D eigenvalue weighted by atomic mass is 15.3. The van der Waals surface area contributed by atoms with Crippen LogP contribution in [-0.4, -0.2) is 16.3 Å². The quantitative estimate of drug-likeness (QED) is 0.823. The second kappa shape index (κ2) is 5.67. The van der Waals surface area contributed by atoms with Crippen LogP contribution in [0.4, 0.5) is 0 Å². The van der Waals surface area contributed by atoms with Gasteiger partial charge in [-0.05, 0) is 31.2 Å². The zero-order valence-electron chi connectivity index (χ0n) is 12.1. The molecule has 0 aromatic carbocycles. The lowest BCUT2D eigenvalue weighted by Crippen LogP contribution is -2.33. The van der Waals surface area contributed by atoms with Gasteiger partial charge in [0.1, 0.15) is 0 Å². The van der Waals surface area contributed by atoms with Crippen molar-refractivity contribution in [2.45, 2.75) is 54.1 Å². The molecule has 0 aliphatic heterocycles. The molecule has 0 atom stereocenters. The molecular formula is C14H27N3. The number of nitrogens with zero attached hydrogens (tertiary/aromatic N) is 2. The van der Waals surface area contributed by atoms with Gasteiger partial charge in [-0.2, -0.15) is 5.10 Å². The molecule has 0 spiro atoms. The second-order valence-corrected chi connectivity index (χ2v) is 6.13. The first-order valence-corrected chi connectivity index (χ1v) is 6.57. The Labute approximate surface area is 106 Å².